The van der Waals surface area contributed by atoms with Gasteiger partial charge in [0.2, 0.25) is 0 Å². The van der Waals surface area contributed by atoms with Crippen LogP contribution in [0.2, 0.25) is 0 Å². The largest absolute Gasteiger partial charge is 0.330 e. The Balaban J connectivity index is 3.29. The molecule has 0 spiro atoms. The Morgan fingerprint density at radius 3 is 1.53 bits per heavy atom. The van der Waals surface area contributed by atoms with Crippen molar-refractivity contribution in [3.63, 3.8) is 0 Å². The van der Waals surface area contributed by atoms with E-state index in [1.165, 1.54) is 16.7 Å². The standard InChI is InChI=1S/C16H27N/c1-15(2,3)13-9-12(7-8-17)10-14(11-13)16(4,5)6/h9-11H,7-8,17H2,1-6H3. The highest BCUT2D eigenvalue weighted by molar-refractivity contribution is 5.37. The zero-order chi connectivity index (χ0) is 13.3. The van der Waals surface area contributed by atoms with Gasteiger partial charge in [0.1, 0.15) is 0 Å². The van der Waals surface area contributed by atoms with Gasteiger partial charge in [-0.2, -0.15) is 0 Å². The van der Waals surface area contributed by atoms with Gasteiger partial charge in [-0.05, 0) is 40.5 Å². The zero-order valence-electron chi connectivity index (χ0n) is 12.2. The van der Waals surface area contributed by atoms with Crippen LogP contribution in [-0.2, 0) is 17.3 Å². The first kappa shape index (κ1) is 14.2. The van der Waals surface area contributed by atoms with E-state index >= 15 is 0 Å². The molecule has 0 atom stereocenters. The third kappa shape index (κ3) is 3.85. The summed E-state index contributed by atoms with van der Waals surface area (Å²) in [4.78, 5) is 0. The Bertz CT molecular complexity index is 345. The van der Waals surface area contributed by atoms with E-state index in [4.69, 9.17) is 5.73 Å². The minimum absolute atomic E-state index is 0.199. The highest BCUT2D eigenvalue weighted by atomic mass is 14.5. The number of hydrogen-bond acceptors (Lipinski definition) is 1. The third-order valence-corrected chi connectivity index (χ3v) is 3.16. The summed E-state index contributed by atoms with van der Waals surface area (Å²) in [6.45, 7) is 14.3. The summed E-state index contributed by atoms with van der Waals surface area (Å²) >= 11 is 0. The van der Waals surface area contributed by atoms with E-state index in [1.807, 2.05) is 0 Å². The van der Waals surface area contributed by atoms with Crippen molar-refractivity contribution in [2.75, 3.05) is 6.54 Å². The lowest BCUT2D eigenvalue weighted by molar-refractivity contribution is 0.566. The molecule has 96 valence electrons. The van der Waals surface area contributed by atoms with Crippen LogP contribution in [0.4, 0.5) is 0 Å². The van der Waals surface area contributed by atoms with Crippen LogP contribution in [0.5, 0.6) is 0 Å². The maximum Gasteiger partial charge on any atom is -0.00367 e. The average Bonchev–Trinajstić information content (AvgIpc) is 2.15. The molecule has 1 nitrogen and oxygen atoms in total. The smallest absolute Gasteiger partial charge is 0.00367 e. The predicted molar refractivity (Wildman–Crippen MR) is 76.6 cm³/mol. The van der Waals surface area contributed by atoms with Crippen molar-refractivity contribution in [1.82, 2.24) is 0 Å². The normalized spacial score (nSPS) is 12.9. The molecule has 0 saturated carbocycles. The van der Waals surface area contributed by atoms with E-state index in [2.05, 4.69) is 59.7 Å². The molecule has 0 saturated heterocycles. The molecule has 1 heteroatoms. The molecular weight excluding hydrogens is 206 g/mol. The highest BCUT2D eigenvalue weighted by Crippen LogP contribution is 2.30. The van der Waals surface area contributed by atoms with Crippen LogP contribution in [0.1, 0.15) is 58.2 Å². The van der Waals surface area contributed by atoms with E-state index in [-0.39, 0.29) is 10.8 Å². The minimum Gasteiger partial charge on any atom is -0.330 e. The lowest BCUT2D eigenvalue weighted by atomic mass is 9.79. The van der Waals surface area contributed by atoms with Gasteiger partial charge >= 0.3 is 0 Å². The molecular formula is C16H27N. The van der Waals surface area contributed by atoms with E-state index in [1.54, 1.807) is 0 Å². The molecule has 2 N–H and O–H groups in total. The van der Waals surface area contributed by atoms with Crippen molar-refractivity contribution >= 4 is 0 Å². The van der Waals surface area contributed by atoms with Gasteiger partial charge in [-0.3, -0.25) is 0 Å². The van der Waals surface area contributed by atoms with Crippen molar-refractivity contribution in [3.05, 3.63) is 34.9 Å². The number of hydrogen-bond donors (Lipinski definition) is 1. The quantitative estimate of drug-likeness (QED) is 0.826. The molecule has 1 rings (SSSR count). The SMILES string of the molecule is CC(C)(C)c1cc(CCN)cc(C(C)(C)C)c1. The summed E-state index contributed by atoms with van der Waals surface area (Å²) in [5, 5.41) is 0. The van der Waals surface area contributed by atoms with Crippen LogP contribution in [0, 0.1) is 0 Å². The first-order valence-corrected chi connectivity index (χ1v) is 6.49. The molecule has 1 aromatic rings. The Labute approximate surface area is 106 Å². The molecule has 0 aromatic heterocycles. The summed E-state index contributed by atoms with van der Waals surface area (Å²) < 4.78 is 0. The molecule has 0 aliphatic carbocycles. The number of benzene rings is 1. The van der Waals surface area contributed by atoms with Gasteiger partial charge in [0.05, 0.1) is 0 Å². The fourth-order valence-corrected chi connectivity index (χ4v) is 1.87. The summed E-state index contributed by atoms with van der Waals surface area (Å²) in [5.41, 5.74) is 10.3. The molecule has 0 fully saturated rings. The van der Waals surface area contributed by atoms with Crippen LogP contribution >= 0.6 is 0 Å². The fourth-order valence-electron chi connectivity index (χ4n) is 1.87. The lowest BCUT2D eigenvalue weighted by Crippen LogP contribution is -2.17. The van der Waals surface area contributed by atoms with Crippen molar-refractivity contribution in [2.45, 2.75) is 58.8 Å². The van der Waals surface area contributed by atoms with Crippen LogP contribution < -0.4 is 5.73 Å². The van der Waals surface area contributed by atoms with Crippen LogP contribution in [0.25, 0.3) is 0 Å². The highest BCUT2D eigenvalue weighted by Gasteiger charge is 2.20. The number of nitrogens with two attached hydrogens (primary N) is 1. The van der Waals surface area contributed by atoms with E-state index < -0.39 is 0 Å². The van der Waals surface area contributed by atoms with Gasteiger partial charge in [0.15, 0.2) is 0 Å². The van der Waals surface area contributed by atoms with Gasteiger partial charge < -0.3 is 5.73 Å². The van der Waals surface area contributed by atoms with Gasteiger partial charge in [-0.25, -0.2) is 0 Å². The van der Waals surface area contributed by atoms with E-state index in [0.717, 1.165) is 13.0 Å². The summed E-state index contributed by atoms with van der Waals surface area (Å²) in [6, 6.07) is 6.96. The van der Waals surface area contributed by atoms with Crippen LogP contribution in [0.3, 0.4) is 0 Å². The second-order valence-electron chi connectivity index (χ2n) is 6.96. The van der Waals surface area contributed by atoms with E-state index in [9.17, 15) is 0 Å². The van der Waals surface area contributed by atoms with Gasteiger partial charge in [0.25, 0.3) is 0 Å². The molecule has 0 aliphatic rings. The first-order chi connectivity index (χ1) is 7.64. The number of rotatable bonds is 2. The van der Waals surface area contributed by atoms with Crippen molar-refractivity contribution < 1.29 is 0 Å². The Morgan fingerprint density at radius 1 is 0.824 bits per heavy atom. The Hall–Kier alpha value is -0.820. The molecule has 0 aliphatic heterocycles. The zero-order valence-corrected chi connectivity index (χ0v) is 12.2. The fraction of sp³-hybridized carbons (Fsp3) is 0.625. The predicted octanol–water partition coefficient (Wildman–Crippen LogP) is 3.78. The third-order valence-electron chi connectivity index (χ3n) is 3.16. The van der Waals surface area contributed by atoms with Gasteiger partial charge in [-0.1, -0.05) is 59.7 Å². The minimum atomic E-state index is 0.199. The van der Waals surface area contributed by atoms with Crippen molar-refractivity contribution in [1.29, 1.82) is 0 Å². The maximum atomic E-state index is 5.68. The molecule has 0 unspecified atom stereocenters. The lowest BCUT2D eigenvalue weighted by Gasteiger charge is -2.26. The van der Waals surface area contributed by atoms with Crippen LogP contribution in [-0.4, -0.2) is 6.54 Å². The Morgan fingerprint density at radius 2 is 1.24 bits per heavy atom. The molecule has 0 bridgehead atoms. The monoisotopic (exact) mass is 233 g/mol. The second kappa shape index (κ2) is 4.81. The molecule has 17 heavy (non-hydrogen) atoms. The first-order valence-electron chi connectivity index (χ1n) is 6.49. The molecule has 0 heterocycles. The maximum absolute atomic E-state index is 5.68. The second-order valence-corrected chi connectivity index (χ2v) is 6.96. The van der Waals surface area contributed by atoms with Crippen molar-refractivity contribution in [2.24, 2.45) is 5.73 Å². The summed E-state index contributed by atoms with van der Waals surface area (Å²) in [7, 11) is 0. The molecule has 0 amide bonds. The topological polar surface area (TPSA) is 26.0 Å². The summed E-state index contributed by atoms with van der Waals surface area (Å²) in [5.74, 6) is 0. The average molecular weight is 233 g/mol. The van der Waals surface area contributed by atoms with E-state index in [0.29, 0.717) is 0 Å². The molecule has 0 radical (unpaired) electrons. The van der Waals surface area contributed by atoms with Crippen LogP contribution in [0.15, 0.2) is 18.2 Å². The Kier molecular flexibility index (Phi) is 4.03. The summed E-state index contributed by atoms with van der Waals surface area (Å²) in [6.07, 6.45) is 0.965. The molecule has 1 aromatic carbocycles. The van der Waals surface area contributed by atoms with Crippen molar-refractivity contribution in [3.8, 4) is 0 Å². The van der Waals surface area contributed by atoms with Gasteiger partial charge in [0, 0.05) is 0 Å². The van der Waals surface area contributed by atoms with Gasteiger partial charge in [-0.15, -0.1) is 0 Å².